The molecule has 4 rings (SSSR count). The molecule has 0 aliphatic carbocycles. The molecule has 0 unspecified atom stereocenters. The minimum absolute atomic E-state index is 0.00862. The molecule has 2 amide bonds. The molecule has 4 nitrogen and oxygen atoms in total. The van der Waals surface area contributed by atoms with Crippen molar-refractivity contribution in [3.05, 3.63) is 143 Å². The van der Waals surface area contributed by atoms with Gasteiger partial charge in [-0.2, -0.15) is 0 Å². The average molecular weight is 561 g/mol. The second kappa shape index (κ2) is 13.2. The van der Waals surface area contributed by atoms with E-state index < -0.39 is 0 Å². The third-order valence-electron chi connectivity index (χ3n) is 7.64. The van der Waals surface area contributed by atoms with Crippen molar-refractivity contribution in [3.8, 4) is 0 Å². The first-order chi connectivity index (χ1) is 19.9. The van der Waals surface area contributed by atoms with Crippen molar-refractivity contribution in [1.29, 1.82) is 0 Å². The van der Waals surface area contributed by atoms with Gasteiger partial charge in [-0.1, -0.05) is 126 Å². The molecule has 0 N–H and O–H groups in total. The average Bonchev–Trinajstić information content (AvgIpc) is 2.98. The zero-order valence-electron chi connectivity index (χ0n) is 25.9. The summed E-state index contributed by atoms with van der Waals surface area (Å²) in [5.74, 6) is -0.0816. The number of carbonyl (C=O) groups excluding carboxylic acids is 2. The molecule has 0 fully saturated rings. The molecule has 0 radical (unpaired) electrons. The van der Waals surface area contributed by atoms with Crippen LogP contribution in [0.25, 0.3) is 0 Å². The van der Waals surface area contributed by atoms with Crippen molar-refractivity contribution in [3.63, 3.8) is 0 Å². The molecular formula is C38H44N2O2. The lowest BCUT2D eigenvalue weighted by molar-refractivity contribution is 0.0644. The molecule has 0 saturated carbocycles. The standard InChI is InChI=1S/C38H44N2O2/c1-37(2,3)33-21-17-31(18-22-33)35(41)39(27-29-13-9-7-10-14-29)25-26-40(28-30-15-11-8-12-16-30)36(42)32-19-23-34(24-20-32)38(4,5)6/h7-24H,25-28H2,1-6H3. The summed E-state index contributed by atoms with van der Waals surface area (Å²) < 4.78 is 0. The van der Waals surface area contributed by atoms with Crippen LogP contribution in [-0.4, -0.2) is 34.7 Å². The van der Waals surface area contributed by atoms with E-state index in [1.165, 1.54) is 11.1 Å². The van der Waals surface area contributed by atoms with Gasteiger partial charge in [-0.3, -0.25) is 9.59 Å². The smallest absolute Gasteiger partial charge is 0.254 e. The van der Waals surface area contributed by atoms with Gasteiger partial charge in [-0.25, -0.2) is 0 Å². The van der Waals surface area contributed by atoms with Gasteiger partial charge in [0.1, 0.15) is 0 Å². The van der Waals surface area contributed by atoms with Gasteiger partial charge in [0.25, 0.3) is 11.8 Å². The predicted molar refractivity (Wildman–Crippen MR) is 173 cm³/mol. The lowest BCUT2D eigenvalue weighted by Gasteiger charge is -2.29. The van der Waals surface area contributed by atoms with Crippen LogP contribution < -0.4 is 0 Å². The fourth-order valence-corrected chi connectivity index (χ4v) is 4.94. The Hall–Kier alpha value is -4.18. The van der Waals surface area contributed by atoms with Crippen LogP contribution in [0.4, 0.5) is 0 Å². The molecule has 4 heteroatoms. The topological polar surface area (TPSA) is 40.6 Å². The van der Waals surface area contributed by atoms with Crippen molar-refractivity contribution < 1.29 is 9.59 Å². The maximum Gasteiger partial charge on any atom is 0.254 e. The van der Waals surface area contributed by atoms with E-state index in [4.69, 9.17) is 0 Å². The Morgan fingerprint density at radius 1 is 0.476 bits per heavy atom. The Bertz CT molecular complexity index is 1330. The van der Waals surface area contributed by atoms with E-state index in [2.05, 4.69) is 41.5 Å². The fraction of sp³-hybridized carbons (Fsp3) is 0.316. The van der Waals surface area contributed by atoms with E-state index in [9.17, 15) is 9.59 Å². The molecule has 0 bridgehead atoms. The van der Waals surface area contributed by atoms with Gasteiger partial charge in [0.2, 0.25) is 0 Å². The number of nitrogens with zero attached hydrogens (tertiary/aromatic N) is 2. The molecule has 4 aromatic rings. The highest BCUT2D eigenvalue weighted by atomic mass is 16.2. The Labute approximate surface area is 252 Å². The van der Waals surface area contributed by atoms with Crippen molar-refractivity contribution in [2.75, 3.05) is 13.1 Å². The van der Waals surface area contributed by atoms with Gasteiger partial charge in [-0.05, 0) is 57.3 Å². The number of carbonyl (C=O) groups is 2. The first-order valence-corrected chi connectivity index (χ1v) is 14.8. The van der Waals surface area contributed by atoms with Crippen molar-refractivity contribution in [2.24, 2.45) is 0 Å². The van der Waals surface area contributed by atoms with Crippen LogP contribution in [0.2, 0.25) is 0 Å². The normalized spacial score (nSPS) is 11.7. The van der Waals surface area contributed by atoms with Gasteiger partial charge in [-0.15, -0.1) is 0 Å². The second-order valence-corrected chi connectivity index (χ2v) is 13.1. The maximum absolute atomic E-state index is 13.9. The summed E-state index contributed by atoms with van der Waals surface area (Å²) in [5.41, 5.74) is 5.79. The lowest BCUT2D eigenvalue weighted by atomic mass is 9.86. The molecule has 0 atom stereocenters. The second-order valence-electron chi connectivity index (χ2n) is 13.1. The molecular weight excluding hydrogens is 516 g/mol. The number of benzene rings is 4. The van der Waals surface area contributed by atoms with Crippen LogP contribution >= 0.6 is 0 Å². The summed E-state index contributed by atoms with van der Waals surface area (Å²) in [6.07, 6.45) is 0. The summed E-state index contributed by atoms with van der Waals surface area (Å²) in [6.45, 7) is 14.8. The quantitative estimate of drug-likeness (QED) is 0.207. The van der Waals surface area contributed by atoms with Crippen molar-refractivity contribution in [2.45, 2.75) is 65.5 Å². The van der Waals surface area contributed by atoms with E-state index in [-0.39, 0.29) is 22.6 Å². The predicted octanol–water partition coefficient (Wildman–Crippen LogP) is 8.27. The van der Waals surface area contributed by atoms with Crippen LogP contribution in [0, 0.1) is 0 Å². The van der Waals surface area contributed by atoms with E-state index in [1.54, 1.807) is 0 Å². The third-order valence-corrected chi connectivity index (χ3v) is 7.64. The van der Waals surface area contributed by atoms with Gasteiger partial charge in [0, 0.05) is 37.3 Å². The highest BCUT2D eigenvalue weighted by molar-refractivity contribution is 5.95. The molecule has 0 aliphatic rings. The van der Waals surface area contributed by atoms with Crippen LogP contribution in [-0.2, 0) is 23.9 Å². The first kappa shape index (κ1) is 30.8. The zero-order valence-corrected chi connectivity index (χ0v) is 25.9. The first-order valence-electron chi connectivity index (χ1n) is 14.8. The molecule has 218 valence electrons. The minimum atomic E-state index is -0.0408. The zero-order chi connectivity index (χ0) is 30.3. The highest BCUT2D eigenvalue weighted by Gasteiger charge is 2.23. The number of amides is 2. The van der Waals surface area contributed by atoms with Crippen LogP contribution in [0.5, 0.6) is 0 Å². The Morgan fingerprint density at radius 3 is 1.07 bits per heavy atom. The monoisotopic (exact) mass is 560 g/mol. The molecule has 0 heterocycles. The number of rotatable bonds is 9. The number of hydrogen-bond acceptors (Lipinski definition) is 2. The minimum Gasteiger partial charge on any atom is -0.333 e. The van der Waals surface area contributed by atoms with Crippen LogP contribution in [0.15, 0.2) is 109 Å². The largest absolute Gasteiger partial charge is 0.333 e. The van der Waals surface area contributed by atoms with Gasteiger partial charge >= 0.3 is 0 Å². The fourth-order valence-electron chi connectivity index (χ4n) is 4.94. The maximum atomic E-state index is 13.9. The third kappa shape index (κ3) is 8.19. The SMILES string of the molecule is CC(C)(C)c1ccc(C(=O)N(CCN(Cc2ccccc2)C(=O)c2ccc(C(C)(C)C)cc2)Cc2ccccc2)cc1. The number of hydrogen-bond donors (Lipinski definition) is 0. The van der Waals surface area contributed by atoms with E-state index in [0.29, 0.717) is 37.3 Å². The molecule has 0 aliphatic heterocycles. The van der Waals surface area contributed by atoms with E-state index in [1.807, 2.05) is 119 Å². The summed E-state index contributed by atoms with van der Waals surface area (Å²) in [7, 11) is 0. The molecule has 4 aromatic carbocycles. The van der Waals surface area contributed by atoms with Crippen LogP contribution in [0.1, 0.15) is 84.5 Å². The Kier molecular flexibility index (Phi) is 9.67. The van der Waals surface area contributed by atoms with Crippen molar-refractivity contribution in [1.82, 2.24) is 9.80 Å². The van der Waals surface area contributed by atoms with Gasteiger partial charge in [0.15, 0.2) is 0 Å². The van der Waals surface area contributed by atoms with E-state index >= 15 is 0 Å². The van der Waals surface area contributed by atoms with Crippen molar-refractivity contribution >= 4 is 11.8 Å². The molecule has 42 heavy (non-hydrogen) atoms. The Morgan fingerprint density at radius 2 is 0.786 bits per heavy atom. The summed E-state index contributed by atoms with van der Waals surface area (Å²) in [6, 6.07) is 35.9. The molecule has 0 saturated heterocycles. The lowest BCUT2D eigenvalue weighted by Crippen LogP contribution is -2.40. The summed E-state index contributed by atoms with van der Waals surface area (Å²) in [4.78, 5) is 31.5. The van der Waals surface area contributed by atoms with Crippen LogP contribution in [0.3, 0.4) is 0 Å². The van der Waals surface area contributed by atoms with Gasteiger partial charge < -0.3 is 9.80 Å². The Balaban J connectivity index is 1.60. The summed E-state index contributed by atoms with van der Waals surface area (Å²) in [5, 5.41) is 0. The highest BCUT2D eigenvalue weighted by Crippen LogP contribution is 2.24. The van der Waals surface area contributed by atoms with Gasteiger partial charge in [0.05, 0.1) is 0 Å². The molecule has 0 aromatic heterocycles. The molecule has 0 spiro atoms. The summed E-state index contributed by atoms with van der Waals surface area (Å²) >= 11 is 0. The van der Waals surface area contributed by atoms with E-state index in [0.717, 1.165) is 11.1 Å².